The van der Waals surface area contributed by atoms with Gasteiger partial charge in [0, 0.05) is 19.3 Å². The summed E-state index contributed by atoms with van der Waals surface area (Å²) in [6.45, 7) is 0.529. The van der Waals surface area contributed by atoms with Crippen molar-refractivity contribution in [3.05, 3.63) is 28.8 Å². The molecule has 0 aliphatic carbocycles. The van der Waals surface area contributed by atoms with Gasteiger partial charge in [-0.2, -0.15) is 13.2 Å². The molecule has 1 aromatic carbocycles. The van der Waals surface area contributed by atoms with Gasteiger partial charge >= 0.3 is 6.18 Å². The second kappa shape index (κ2) is 8.00. The molecule has 0 aliphatic rings. The first-order chi connectivity index (χ1) is 10.2. The number of hydrogen-bond acceptors (Lipinski definition) is 3. The van der Waals surface area contributed by atoms with Gasteiger partial charge in [-0.25, -0.2) is 0 Å². The van der Waals surface area contributed by atoms with E-state index in [-0.39, 0.29) is 12.2 Å². The Bertz CT molecular complexity index is 550. The highest BCUT2D eigenvalue weighted by molar-refractivity contribution is 6.31. The Morgan fingerprint density at radius 3 is 2.55 bits per heavy atom. The van der Waals surface area contributed by atoms with E-state index in [1.54, 1.807) is 0 Å². The molecule has 9 heteroatoms. The van der Waals surface area contributed by atoms with Crippen molar-refractivity contribution >= 4 is 29.1 Å². The maximum absolute atomic E-state index is 12.7. The zero-order chi connectivity index (χ0) is 16.8. The van der Waals surface area contributed by atoms with Crippen LogP contribution in [0, 0.1) is 0 Å². The van der Waals surface area contributed by atoms with E-state index < -0.39 is 35.0 Å². The van der Waals surface area contributed by atoms with E-state index in [1.165, 1.54) is 13.2 Å². The number of rotatable bonds is 6. The van der Waals surface area contributed by atoms with Crippen molar-refractivity contribution in [1.29, 1.82) is 0 Å². The molecule has 0 radical (unpaired) electrons. The van der Waals surface area contributed by atoms with Crippen LogP contribution in [0.5, 0.6) is 0 Å². The molecule has 0 heterocycles. The summed E-state index contributed by atoms with van der Waals surface area (Å²) in [6, 6.07) is 2.96. The lowest BCUT2D eigenvalue weighted by atomic mass is 10.2. The zero-order valence-electron chi connectivity index (χ0n) is 11.6. The SMILES string of the molecule is COCCNC(=O)CC(=O)Nc1ccc(Cl)c(C(F)(F)F)c1. The minimum Gasteiger partial charge on any atom is -0.383 e. The lowest BCUT2D eigenvalue weighted by molar-refractivity contribution is -0.137. The van der Waals surface area contributed by atoms with E-state index in [9.17, 15) is 22.8 Å². The van der Waals surface area contributed by atoms with E-state index in [4.69, 9.17) is 16.3 Å². The fourth-order valence-electron chi connectivity index (χ4n) is 1.53. The largest absolute Gasteiger partial charge is 0.417 e. The molecule has 0 fully saturated rings. The number of carbonyl (C=O) groups excluding carboxylic acids is 2. The summed E-state index contributed by atoms with van der Waals surface area (Å²) in [5, 5.41) is 4.16. The smallest absolute Gasteiger partial charge is 0.383 e. The van der Waals surface area contributed by atoms with Crippen molar-refractivity contribution in [2.45, 2.75) is 12.6 Å². The average molecular weight is 339 g/mol. The van der Waals surface area contributed by atoms with Crippen LogP contribution in [-0.4, -0.2) is 32.1 Å². The third kappa shape index (κ3) is 5.90. The molecule has 1 aromatic rings. The molecule has 122 valence electrons. The number of methoxy groups -OCH3 is 1. The number of amides is 2. The minimum atomic E-state index is -4.63. The van der Waals surface area contributed by atoms with Gasteiger partial charge in [-0.1, -0.05) is 11.6 Å². The number of nitrogens with one attached hydrogen (secondary N) is 2. The molecule has 0 saturated carbocycles. The molecular formula is C13H14ClF3N2O3. The summed E-state index contributed by atoms with van der Waals surface area (Å²) >= 11 is 5.46. The van der Waals surface area contributed by atoms with Crippen LogP contribution >= 0.6 is 11.6 Å². The van der Waals surface area contributed by atoms with Crippen LogP contribution in [0.3, 0.4) is 0 Å². The van der Waals surface area contributed by atoms with Gasteiger partial charge in [0.2, 0.25) is 11.8 Å². The second-order valence-corrected chi connectivity index (χ2v) is 4.67. The lowest BCUT2D eigenvalue weighted by Gasteiger charge is -2.11. The molecule has 0 atom stereocenters. The number of ether oxygens (including phenoxy) is 1. The molecular weight excluding hydrogens is 325 g/mol. The molecule has 2 N–H and O–H groups in total. The number of hydrogen-bond donors (Lipinski definition) is 2. The summed E-state index contributed by atoms with van der Waals surface area (Å²) in [4.78, 5) is 23.0. The highest BCUT2D eigenvalue weighted by Gasteiger charge is 2.33. The van der Waals surface area contributed by atoms with Gasteiger partial charge in [0.25, 0.3) is 0 Å². The first-order valence-corrected chi connectivity index (χ1v) is 6.54. The summed E-state index contributed by atoms with van der Waals surface area (Å²) in [5.41, 5.74) is -1.15. The van der Waals surface area contributed by atoms with Crippen LogP contribution in [0.25, 0.3) is 0 Å². The molecule has 0 saturated heterocycles. The predicted octanol–water partition coefficient (Wildman–Crippen LogP) is 2.45. The highest BCUT2D eigenvalue weighted by Crippen LogP contribution is 2.36. The Morgan fingerprint density at radius 2 is 1.95 bits per heavy atom. The predicted molar refractivity (Wildman–Crippen MR) is 74.6 cm³/mol. The van der Waals surface area contributed by atoms with Crippen LogP contribution in [0.2, 0.25) is 5.02 Å². The Balaban J connectivity index is 2.63. The summed E-state index contributed by atoms with van der Waals surface area (Å²) < 4.78 is 42.7. The first kappa shape index (κ1) is 18.2. The molecule has 5 nitrogen and oxygen atoms in total. The van der Waals surface area contributed by atoms with Crippen LogP contribution in [0.1, 0.15) is 12.0 Å². The quantitative estimate of drug-likeness (QED) is 0.618. The van der Waals surface area contributed by atoms with E-state index in [0.29, 0.717) is 12.7 Å². The summed E-state index contributed by atoms with van der Waals surface area (Å²) in [5.74, 6) is -1.29. The van der Waals surface area contributed by atoms with Crippen molar-refractivity contribution in [1.82, 2.24) is 5.32 Å². The van der Waals surface area contributed by atoms with E-state index in [1.807, 2.05) is 0 Å². The molecule has 22 heavy (non-hydrogen) atoms. The Hall–Kier alpha value is -1.80. The van der Waals surface area contributed by atoms with Crippen molar-refractivity contribution in [2.75, 3.05) is 25.6 Å². The van der Waals surface area contributed by atoms with Crippen molar-refractivity contribution in [3.8, 4) is 0 Å². The van der Waals surface area contributed by atoms with Gasteiger partial charge < -0.3 is 15.4 Å². The number of carbonyl (C=O) groups is 2. The van der Waals surface area contributed by atoms with Crippen LogP contribution in [0.4, 0.5) is 18.9 Å². The number of anilines is 1. The normalized spacial score (nSPS) is 11.1. The van der Waals surface area contributed by atoms with Gasteiger partial charge in [-0.05, 0) is 18.2 Å². The molecule has 0 unspecified atom stereocenters. The second-order valence-electron chi connectivity index (χ2n) is 4.26. The topological polar surface area (TPSA) is 67.4 Å². The van der Waals surface area contributed by atoms with Gasteiger partial charge in [0.1, 0.15) is 6.42 Å². The van der Waals surface area contributed by atoms with Gasteiger partial charge in [-0.15, -0.1) is 0 Å². The number of benzene rings is 1. The van der Waals surface area contributed by atoms with Gasteiger partial charge in [0.05, 0.1) is 17.2 Å². The minimum absolute atomic E-state index is 0.0913. The Morgan fingerprint density at radius 1 is 1.27 bits per heavy atom. The number of halogens is 4. The average Bonchev–Trinajstić information content (AvgIpc) is 2.40. The lowest BCUT2D eigenvalue weighted by Crippen LogP contribution is -2.30. The fraction of sp³-hybridized carbons (Fsp3) is 0.385. The van der Waals surface area contributed by atoms with Gasteiger partial charge in [-0.3, -0.25) is 9.59 Å². The summed E-state index contributed by atoms with van der Waals surface area (Å²) in [6.07, 6.45) is -5.14. The Kier molecular flexibility index (Phi) is 6.63. The third-order valence-corrected chi connectivity index (χ3v) is 2.83. The Labute approximate surface area is 129 Å². The highest BCUT2D eigenvalue weighted by atomic mass is 35.5. The molecule has 0 spiro atoms. The zero-order valence-corrected chi connectivity index (χ0v) is 12.3. The molecule has 2 amide bonds. The number of alkyl halides is 3. The molecule has 0 aliphatic heterocycles. The van der Waals surface area contributed by atoms with Crippen LogP contribution in [0.15, 0.2) is 18.2 Å². The van der Waals surface area contributed by atoms with Crippen LogP contribution < -0.4 is 10.6 Å². The maximum Gasteiger partial charge on any atom is 0.417 e. The first-order valence-electron chi connectivity index (χ1n) is 6.16. The maximum atomic E-state index is 12.7. The van der Waals surface area contributed by atoms with Crippen molar-refractivity contribution in [2.24, 2.45) is 0 Å². The van der Waals surface area contributed by atoms with E-state index in [2.05, 4.69) is 10.6 Å². The summed E-state index contributed by atoms with van der Waals surface area (Å²) in [7, 11) is 1.46. The standard InChI is InChI=1S/C13H14ClF3N2O3/c1-22-5-4-18-11(20)7-12(21)19-8-2-3-10(14)9(6-8)13(15,16)17/h2-3,6H,4-5,7H2,1H3,(H,18,20)(H,19,21). The van der Waals surface area contributed by atoms with Crippen molar-refractivity contribution < 1.29 is 27.5 Å². The molecule has 0 bridgehead atoms. The van der Waals surface area contributed by atoms with Crippen molar-refractivity contribution in [3.63, 3.8) is 0 Å². The molecule has 0 aromatic heterocycles. The third-order valence-electron chi connectivity index (χ3n) is 2.50. The fourth-order valence-corrected chi connectivity index (χ4v) is 1.75. The monoisotopic (exact) mass is 338 g/mol. The van der Waals surface area contributed by atoms with E-state index >= 15 is 0 Å². The van der Waals surface area contributed by atoms with E-state index in [0.717, 1.165) is 6.07 Å². The van der Waals surface area contributed by atoms with Gasteiger partial charge in [0.15, 0.2) is 0 Å². The molecule has 1 rings (SSSR count). The van der Waals surface area contributed by atoms with Crippen LogP contribution in [-0.2, 0) is 20.5 Å².